The summed E-state index contributed by atoms with van der Waals surface area (Å²) in [6.45, 7) is 0.582. The molecule has 11 heteroatoms. The van der Waals surface area contributed by atoms with Crippen molar-refractivity contribution in [1.29, 1.82) is 5.26 Å². The Morgan fingerprint density at radius 2 is 2.19 bits per heavy atom. The van der Waals surface area contributed by atoms with Gasteiger partial charge in [0.25, 0.3) is 10.0 Å². The number of sulfonamides is 1. The summed E-state index contributed by atoms with van der Waals surface area (Å²) in [7, 11) is -1.46. The molecule has 9 nitrogen and oxygen atoms in total. The number of rotatable bonds is 9. The number of methoxy groups -OCH3 is 2. The van der Waals surface area contributed by atoms with E-state index in [0.717, 1.165) is 24.2 Å². The van der Waals surface area contributed by atoms with Crippen molar-refractivity contribution in [3.05, 3.63) is 23.3 Å². The summed E-state index contributed by atoms with van der Waals surface area (Å²) < 4.78 is 38.8. The molecule has 26 heavy (non-hydrogen) atoms. The molecule has 0 atom stereocenters. The van der Waals surface area contributed by atoms with Gasteiger partial charge in [-0.2, -0.15) is 10.4 Å². The highest BCUT2D eigenvalue weighted by molar-refractivity contribution is 7.94. The topological polar surface area (TPSA) is 123 Å². The number of aryl methyl sites for hydroxylation is 1. The second kappa shape index (κ2) is 8.68. The molecular weight excluding hydrogens is 380 g/mol. The Hall–Kier alpha value is -2.58. The number of nitriles is 1. The number of anilines is 1. The van der Waals surface area contributed by atoms with Gasteiger partial charge in [0.2, 0.25) is 0 Å². The lowest BCUT2D eigenvalue weighted by Gasteiger charge is -2.07. The first-order valence-electron chi connectivity index (χ1n) is 7.59. The number of ether oxygens (including phenoxy) is 2. The van der Waals surface area contributed by atoms with Crippen molar-refractivity contribution < 1.29 is 22.7 Å². The molecule has 2 aromatic heterocycles. The minimum Gasteiger partial charge on any atom is -0.493 e. The van der Waals surface area contributed by atoms with Gasteiger partial charge in [0.15, 0.2) is 9.96 Å². The maximum absolute atomic E-state index is 12.6. The largest absolute Gasteiger partial charge is 0.493 e. The Bertz CT molecular complexity index is 911. The van der Waals surface area contributed by atoms with E-state index in [9.17, 15) is 13.2 Å². The number of esters is 1. The lowest BCUT2D eigenvalue weighted by molar-refractivity contribution is 0.0597. The summed E-state index contributed by atoms with van der Waals surface area (Å²) in [4.78, 5) is 11.7. The molecule has 2 heterocycles. The summed E-state index contributed by atoms with van der Waals surface area (Å²) in [6.07, 6.45) is 4.94. The molecule has 0 fully saturated rings. The Balaban J connectivity index is 2.14. The molecule has 0 saturated heterocycles. The highest BCUT2D eigenvalue weighted by Gasteiger charge is 2.28. The smallest absolute Gasteiger partial charge is 0.342 e. The van der Waals surface area contributed by atoms with Crippen molar-refractivity contribution in [3.8, 4) is 11.8 Å². The van der Waals surface area contributed by atoms with E-state index in [4.69, 9.17) is 10.00 Å². The van der Waals surface area contributed by atoms with E-state index in [1.165, 1.54) is 25.8 Å². The Morgan fingerprint density at radius 1 is 1.42 bits per heavy atom. The second-order valence-electron chi connectivity index (χ2n) is 5.17. The van der Waals surface area contributed by atoms with Crippen molar-refractivity contribution >= 4 is 33.0 Å². The van der Waals surface area contributed by atoms with E-state index in [0.29, 0.717) is 18.7 Å². The summed E-state index contributed by atoms with van der Waals surface area (Å²) >= 11 is 0.863. The lowest BCUT2D eigenvalue weighted by Crippen LogP contribution is -2.13. The molecule has 0 aliphatic carbocycles. The number of carbonyl (C=O) groups is 1. The Labute approximate surface area is 155 Å². The van der Waals surface area contributed by atoms with Crippen LogP contribution in [0.1, 0.15) is 29.6 Å². The fraction of sp³-hybridized carbons (Fsp3) is 0.400. The fourth-order valence-corrected chi connectivity index (χ4v) is 4.63. The first kappa shape index (κ1) is 19.7. The number of nitrogens with zero attached hydrogens (tertiary/aromatic N) is 3. The van der Waals surface area contributed by atoms with Crippen LogP contribution in [0, 0.1) is 11.3 Å². The third-order valence-corrected chi connectivity index (χ3v) is 6.26. The second-order valence-corrected chi connectivity index (χ2v) is 7.93. The molecular formula is C15H18N4O5S2. The first-order chi connectivity index (χ1) is 12.4. The van der Waals surface area contributed by atoms with E-state index in [-0.39, 0.29) is 15.5 Å². The highest BCUT2D eigenvalue weighted by Crippen LogP contribution is 2.36. The SMILES string of the molecule is COC(=O)c1csc(S(=O)(=O)Nc2cnn(CCCCC#N)c2)c1OC. The van der Waals surface area contributed by atoms with Gasteiger partial charge in [-0.05, 0) is 12.8 Å². The number of unbranched alkanes of at least 4 members (excludes halogenated alkanes) is 2. The van der Waals surface area contributed by atoms with Crippen LogP contribution >= 0.6 is 11.3 Å². The van der Waals surface area contributed by atoms with Crippen LogP contribution in [0.3, 0.4) is 0 Å². The zero-order valence-corrected chi connectivity index (χ0v) is 15.9. The van der Waals surface area contributed by atoms with Crippen LogP contribution in [0.2, 0.25) is 0 Å². The fourth-order valence-electron chi connectivity index (χ4n) is 2.18. The molecule has 0 bridgehead atoms. The predicted molar refractivity (Wildman–Crippen MR) is 94.7 cm³/mol. The number of carbonyl (C=O) groups excluding carboxylic acids is 1. The van der Waals surface area contributed by atoms with Gasteiger partial charge in [-0.15, -0.1) is 11.3 Å². The van der Waals surface area contributed by atoms with Gasteiger partial charge in [-0.25, -0.2) is 13.2 Å². The average molecular weight is 398 g/mol. The van der Waals surface area contributed by atoms with Gasteiger partial charge in [0.1, 0.15) is 5.56 Å². The number of hydrogen-bond donors (Lipinski definition) is 1. The minimum atomic E-state index is -3.95. The highest BCUT2D eigenvalue weighted by atomic mass is 32.2. The summed E-state index contributed by atoms with van der Waals surface area (Å²) in [5.41, 5.74) is 0.342. The maximum Gasteiger partial charge on any atom is 0.342 e. The van der Waals surface area contributed by atoms with Crippen molar-refractivity contribution in [3.63, 3.8) is 0 Å². The summed E-state index contributed by atoms with van der Waals surface area (Å²) in [5.74, 6) is -0.733. The lowest BCUT2D eigenvalue weighted by atomic mass is 10.2. The summed E-state index contributed by atoms with van der Waals surface area (Å²) in [6, 6.07) is 2.07. The first-order valence-corrected chi connectivity index (χ1v) is 9.95. The number of thiophene rings is 1. The third-order valence-electron chi connectivity index (χ3n) is 3.38. The standard InChI is InChI=1S/C15H18N4O5S2/c1-23-13-12(14(20)24-2)10-25-15(13)26(21,22)18-11-8-17-19(9-11)7-5-3-4-6-16/h8-10,18H,3-5,7H2,1-2H3. The van der Waals surface area contributed by atoms with Crippen LogP contribution in [-0.4, -0.2) is 38.4 Å². The van der Waals surface area contributed by atoms with Gasteiger partial charge in [0, 0.05) is 24.5 Å². The molecule has 1 N–H and O–H groups in total. The molecule has 2 rings (SSSR count). The van der Waals surface area contributed by atoms with Crippen LogP contribution in [0.25, 0.3) is 0 Å². The molecule has 0 aliphatic heterocycles. The normalized spacial score (nSPS) is 11.0. The van der Waals surface area contributed by atoms with E-state index >= 15 is 0 Å². The van der Waals surface area contributed by atoms with Crippen molar-refractivity contribution in [2.75, 3.05) is 18.9 Å². The van der Waals surface area contributed by atoms with Gasteiger partial charge in [-0.3, -0.25) is 9.40 Å². The summed E-state index contributed by atoms with van der Waals surface area (Å²) in [5, 5.41) is 14.0. The monoisotopic (exact) mass is 398 g/mol. The molecule has 0 aromatic carbocycles. The average Bonchev–Trinajstić information content (AvgIpc) is 3.24. The predicted octanol–water partition coefficient (Wildman–Crippen LogP) is 2.23. The van der Waals surface area contributed by atoms with Gasteiger partial charge < -0.3 is 9.47 Å². The molecule has 0 saturated carbocycles. The molecule has 2 aromatic rings. The van der Waals surface area contributed by atoms with Gasteiger partial charge in [-0.1, -0.05) is 0 Å². The maximum atomic E-state index is 12.6. The van der Waals surface area contributed by atoms with Gasteiger partial charge >= 0.3 is 5.97 Å². The molecule has 0 unspecified atom stereocenters. The zero-order valence-electron chi connectivity index (χ0n) is 14.3. The molecule has 140 valence electrons. The number of nitrogens with one attached hydrogen (secondary N) is 1. The van der Waals surface area contributed by atoms with Crippen molar-refractivity contribution in [1.82, 2.24) is 9.78 Å². The van der Waals surface area contributed by atoms with Crippen LogP contribution in [0.5, 0.6) is 5.75 Å². The van der Waals surface area contributed by atoms with Crippen LogP contribution < -0.4 is 9.46 Å². The molecule has 0 aliphatic rings. The van der Waals surface area contributed by atoms with E-state index in [2.05, 4.69) is 20.6 Å². The zero-order chi connectivity index (χ0) is 19.2. The quantitative estimate of drug-likeness (QED) is 0.507. The minimum absolute atomic E-state index is 0.0496. The van der Waals surface area contributed by atoms with E-state index in [1.54, 1.807) is 10.9 Å². The Morgan fingerprint density at radius 3 is 2.85 bits per heavy atom. The van der Waals surface area contributed by atoms with Crippen molar-refractivity contribution in [2.24, 2.45) is 0 Å². The number of aromatic nitrogens is 2. The van der Waals surface area contributed by atoms with Crippen LogP contribution in [0.4, 0.5) is 5.69 Å². The molecule has 0 radical (unpaired) electrons. The van der Waals surface area contributed by atoms with Crippen molar-refractivity contribution in [2.45, 2.75) is 30.0 Å². The molecule has 0 spiro atoms. The molecule has 0 amide bonds. The van der Waals surface area contributed by atoms with E-state index < -0.39 is 16.0 Å². The van der Waals surface area contributed by atoms with E-state index in [1.807, 2.05) is 0 Å². The van der Waals surface area contributed by atoms with Crippen LogP contribution in [0.15, 0.2) is 22.0 Å². The van der Waals surface area contributed by atoms with Crippen LogP contribution in [-0.2, 0) is 21.3 Å². The third kappa shape index (κ3) is 4.53. The van der Waals surface area contributed by atoms with Gasteiger partial charge in [0.05, 0.1) is 32.2 Å². The number of hydrogen-bond acceptors (Lipinski definition) is 8. The Kier molecular flexibility index (Phi) is 6.59.